The number of hydrogen-bond acceptors (Lipinski definition) is 3. The summed E-state index contributed by atoms with van der Waals surface area (Å²) in [5, 5.41) is 8.26. The Hall–Kier alpha value is -6.71. The van der Waals surface area contributed by atoms with Gasteiger partial charge in [0.25, 0.3) is 0 Å². The summed E-state index contributed by atoms with van der Waals surface area (Å²) in [6, 6.07) is 62.9. The van der Waals surface area contributed by atoms with Crippen molar-refractivity contribution in [1.82, 2.24) is 4.98 Å². The largest absolute Gasteiger partial charge is 0.456 e. The van der Waals surface area contributed by atoms with Gasteiger partial charge in [-0.15, -0.1) is 0 Å². The van der Waals surface area contributed by atoms with Gasteiger partial charge in [0.2, 0.25) is 0 Å². The van der Waals surface area contributed by atoms with E-state index >= 15 is 0 Å². The third-order valence-electron chi connectivity index (χ3n) is 9.85. The van der Waals surface area contributed by atoms with Crippen molar-refractivity contribution in [1.29, 1.82) is 0 Å². The lowest BCUT2D eigenvalue weighted by Crippen LogP contribution is -2.09. The molecule has 2 aromatic heterocycles. The highest BCUT2D eigenvalue weighted by Crippen LogP contribution is 2.40. The first-order valence-electron chi connectivity index (χ1n) is 16.9. The average molecular weight is 639 g/mol. The summed E-state index contributed by atoms with van der Waals surface area (Å²) in [6.07, 6.45) is 1.82. The highest BCUT2D eigenvalue weighted by molar-refractivity contribution is 6.10. The minimum Gasteiger partial charge on any atom is -0.456 e. The van der Waals surface area contributed by atoms with E-state index in [-0.39, 0.29) is 0 Å². The summed E-state index contributed by atoms with van der Waals surface area (Å²) in [7, 11) is 0. The number of pyridine rings is 1. The Balaban J connectivity index is 1.08. The lowest BCUT2D eigenvalue weighted by molar-refractivity contribution is 0.669. The zero-order chi connectivity index (χ0) is 33.0. The smallest absolute Gasteiger partial charge is 0.137 e. The first-order valence-corrected chi connectivity index (χ1v) is 16.9. The highest BCUT2D eigenvalue weighted by atomic mass is 16.3. The van der Waals surface area contributed by atoms with Gasteiger partial charge in [0.15, 0.2) is 0 Å². The third-order valence-corrected chi connectivity index (χ3v) is 9.85. The van der Waals surface area contributed by atoms with E-state index in [4.69, 9.17) is 4.42 Å². The van der Waals surface area contributed by atoms with Gasteiger partial charge in [0, 0.05) is 51.6 Å². The van der Waals surface area contributed by atoms with Gasteiger partial charge >= 0.3 is 0 Å². The van der Waals surface area contributed by atoms with Crippen molar-refractivity contribution in [3.05, 3.63) is 182 Å². The van der Waals surface area contributed by atoms with Crippen LogP contribution in [0.25, 0.3) is 76.6 Å². The van der Waals surface area contributed by atoms with Crippen LogP contribution in [0.1, 0.15) is 0 Å². The predicted molar refractivity (Wildman–Crippen MR) is 210 cm³/mol. The summed E-state index contributed by atoms with van der Waals surface area (Å²) in [6.45, 7) is 0. The second-order valence-electron chi connectivity index (χ2n) is 12.9. The lowest BCUT2D eigenvalue weighted by atomic mass is 10.00. The van der Waals surface area contributed by atoms with Crippen LogP contribution in [0.15, 0.2) is 187 Å². The van der Waals surface area contributed by atoms with Crippen molar-refractivity contribution in [3.63, 3.8) is 0 Å². The molecule has 0 radical (unpaired) electrons. The number of fused-ring (bicyclic) bond motifs is 6. The van der Waals surface area contributed by atoms with Gasteiger partial charge in [-0.2, -0.15) is 0 Å². The van der Waals surface area contributed by atoms with Gasteiger partial charge < -0.3 is 9.32 Å². The lowest BCUT2D eigenvalue weighted by Gasteiger charge is -2.26. The van der Waals surface area contributed by atoms with Gasteiger partial charge in [0.05, 0.1) is 5.52 Å². The standard InChI is InChI=1S/C47H30N2O/c1-3-8-35-26-37(13-11-31(35)6-1)33-15-19-40(20-16-33)49(41-21-17-34(18-22-41)38-14-12-32-7-2-4-9-36(32)27-38)42-23-24-43-44-28-39-10-5-25-48-45(39)30-47(44)50-46(43)29-42/h1-30H. The maximum Gasteiger partial charge on any atom is 0.137 e. The van der Waals surface area contributed by atoms with Gasteiger partial charge in [-0.25, -0.2) is 0 Å². The number of rotatable bonds is 5. The molecule has 3 nitrogen and oxygen atoms in total. The first kappa shape index (κ1) is 28.3. The van der Waals surface area contributed by atoms with Crippen molar-refractivity contribution in [2.45, 2.75) is 0 Å². The van der Waals surface area contributed by atoms with Crippen LogP contribution >= 0.6 is 0 Å². The highest BCUT2D eigenvalue weighted by Gasteiger charge is 2.17. The molecule has 0 spiro atoms. The third kappa shape index (κ3) is 4.87. The molecule has 8 aromatic carbocycles. The van der Waals surface area contributed by atoms with Crippen LogP contribution < -0.4 is 4.90 Å². The predicted octanol–water partition coefficient (Wildman–Crippen LogP) is 13.2. The fraction of sp³-hybridized carbons (Fsp3) is 0. The fourth-order valence-electron chi connectivity index (χ4n) is 7.26. The molecule has 10 rings (SSSR count). The minimum absolute atomic E-state index is 0.842. The van der Waals surface area contributed by atoms with E-state index in [1.54, 1.807) is 0 Å². The molecule has 50 heavy (non-hydrogen) atoms. The van der Waals surface area contributed by atoms with Crippen molar-refractivity contribution in [2.75, 3.05) is 4.90 Å². The second kappa shape index (κ2) is 11.5. The van der Waals surface area contributed by atoms with Gasteiger partial charge in [-0.1, -0.05) is 103 Å². The molecule has 0 bridgehead atoms. The molecular weight excluding hydrogens is 609 g/mol. The maximum atomic E-state index is 6.48. The number of anilines is 3. The Bertz CT molecular complexity index is 2750. The number of aromatic nitrogens is 1. The van der Waals surface area contributed by atoms with Crippen molar-refractivity contribution in [2.24, 2.45) is 0 Å². The SMILES string of the molecule is c1ccc2cc(-c3ccc(N(c4ccc(-c5ccc6ccccc6c5)cc4)c4ccc5c(c4)oc4cc6ncccc6cc45)cc3)ccc2c1. The Kier molecular flexibility index (Phi) is 6.49. The first-order chi connectivity index (χ1) is 24.7. The zero-order valence-corrected chi connectivity index (χ0v) is 27.1. The van der Waals surface area contributed by atoms with E-state index < -0.39 is 0 Å². The Morgan fingerprint density at radius 3 is 1.50 bits per heavy atom. The van der Waals surface area contributed by atoms with Crippen LogP contribution in [-0.2, 0) is 0 Å². The molecule has 0 amide bonds. The van der Waals surface area contributed by atoms with Crippen molar-refractivity contribution in [3.8, 4) is 22.3 Å². The molecule has 0 fully saturated rings. The molecule has 0 aliphatic rings. The van der Waals surface area contributed by atoms with Crippen LogP contribution in [0.5, 0.6) is 0 Å². The van der Waals surface area contributed by atoms with Crippen LogP contribution in [0.2, 0.25) is 0 Å². The molecule has 234 valence electrons. The molecule has 0 atom stereocenters. The molecule has 3 heteroatoms. The van der Waals surface area contributed by atoms with Gasteiger partial charge in [-0.3, -0.25) is 4.98 Å². The second-order valence-corrected chi connectivity index (χ2v) is 12.9. The Labute approximate surface area is 289 Å². The molecule has 0 aliphatic carbocycles. The Morgan fingerprint density at radius 2 is 0.880 bits per heavy atom. The van der Waals surface area contributed by atoms with Crippen molar-refractivity contribution < 1.29 is 4.42 Å². The minimum atomic E-state index is 0.842. The summed E-state index contributed by atoms with van der Waals surface area (Å²) < 4.78 is 6.48. The average Bonchev–Trinajstić information content (AvgIpc) is 3.53. The monoisotopic (exact) mass is 638 g/mol. The van der Waals surface area contributed by atoms with Crippen LogP contribution in [-0.4, -0.2) is 4.98 Å². The van der Waals surface area contributed by atoms with E-state index in [1.165, 1.54) is 43.8 Å². The van der Waals surface area contributed by atoms with Gasteiger partial charge in [-0.05, 0) is 104 Å². The van der Waals surface area contributed by atoms with E-state index in [0.717, 1.165) is 49.9 Å². The topological polar surface area (TPSA) is 29.3 Å². The molecule has 0 saturated heterocycles. The molecule has 0 unspecified atom stereocenters. The van der Waals surface area contributed by atoms with E-state index in [0.29, 0.717) is 0 Å². The normalized spacial score (nSPS) is 11.6. The summed E-state index contributed by atoms with van der Waals surface area (Å²) in [4.78, 5) is 6.85. The quantitative estimate of drug-likeness (QED) is 0.188. The molecule has 0 saturated carbocycles. The van der Waals surface area contributed by atoms with Crippen molar-refractivity contribution >= 4 is 71.4 Å². The summed E-state index contributed by atoms with van der Waals surface area (Å²) >= 11 is 0. The fourth-order valence-corrected chi connectivity index (χ4v) is 7.26. The molecule has 2 heterocycles. The number of benzene rings is 8. The molecule has 0 N–H and O–H groups in total. The van der Waals surface area contributed by atoms with Crippen LogP contribution in [0, 0.1) is 0 Å². The molecule has 10 aromatic rings. The van der Waals surface area contributed by atoms with E-state index in [9.17, 15) is 0 Å². The zero-order valence-electron chi connectivity index (χ0n) is 27.1. The number of nitrogens with zero attached hydrogens (tertiary/aromatic N) is 2. The number of hydrogen-bond donors (Lipinski definition) is 0. The Morgan fingerprint density at radius 1 is 0.360 bits per heavy atom. The number of furan rings is 1. The van der Waals surface area contributed by atoms with Crippen LogP contribution in [0.3, 0.4) is 0 Å². The van der Waals surface area contributed by atoms with E-state index in [1.807, 2.05) is 18.3 Å². The van der Waals surface area contributed by atoms with Gasteiger partial charge in [0.1, 0.15) is 11.2 Å². The molecular formula is C47H30N2O. The summed E-state index contributed by atoms with van der Waals surface area (Å²) in [5.74, 6) is 0. The van der Waals surface area contributed by atoms with Crippen LogP contribution in [0.4, 0.5) is 17.1 Å². The summed E-state index contributed by atoms with van der Waals surface area (Å²) in [5.41, 5.74) is 10.5. The molecule has 0 aliphatic heterocycles. The maximum absolute atomic E-state index is 6.48. The van der Waals surface area contributed by atoms with E-state index in [2.05, 4.69) is 174 Å².